The Balaban J connectivity index is 2.54. The molecule has 0 aliphatic carbocycles. The summed E-state index contributed by atoms with van der Waals surface area (Å²) in [5, 5.41) is 12.3. The number of hydrogen-bond acceptors (Lipinski definition) is 2. The third-order valence-electron chi connectivity index (χ3n) is 3.06. The van der Waals surface area contributed by atoms with Crippen molar-refractivity contribution in [2.24, 2.45) is 5.92 Å². The van der Waals surface area contributed by atoms with E-state index in [2.05, 4.69) is 5.32 Å². The second kappa shape index (κ2) is 5.97. The number of hydrogen-bond donors (Lipinski definition) is 2. The Morgan fingerprint density at radius 2 is 2.06 bits per heavy atom. The summed E-state index contributed by atoms with van der Waals surface area (Å²) >= 11 is 0. The fourth-order valence-electron chi connectivity index (χ4n) is 1.49. The van der Waals surface area contributed by atoms with Gasteiger partial charge in [0, 0.05) is 19.2 Å². The van der Waals surface area contributed by atoms with E-state index in [1.807, 2.05) is 20.8 Å². The van der Waals surface area contributed by atoms with Crippen molar-refractivity contribution in [3.63, 3.8) is 0 Å². The van der Waals surface area contributed by atoms with Gasteiger partial charge in [0.05, 0.1) is 0 Å². The molecule has 1 aromatic carbocycles. The van der Waals surface area contributed by atoms with E-state index >= 15 is 0 Å². The lowest BCUT2D eigenvalue weighted by molar-refractivity contribution is 0.207. The molecular weight excluding hydrogens is 205 g/mol. The fourth-order valence-corrected chi connectivity index (χ4v) is 1.49. The largest absolute Gasteiger partial charge is 0.396 e. The average molecular weight is 225 g/mol. The number of aryl methyl sites for hydroxylation is 1. The van der Waals surface area contributed by atoms with Crippen LogP contribution in [0.1, 0.15) is 25.0 Å². The van der Waals surface area contributed by atoms with Crippen LogP contribution in [0.25, 0.3) is 0 Å². The first-order chi connectivity index (χ1) is 7.54. The van der Waals surface area contributed by atoms with Crippen molar-refractivity contribution in [1.82, 2.24) is 5.32 Å². The number of halogens is 1. The Hall–Kier alpha value is -0.930. The minimum absolute atomic E-state index is 0.177. The van der Waals surface area contributed by atoms with Crippen LogP contribution in [0.4, 0.5) is 4.39 Å². The quantitative estimate of drug-likeness (QED) is 0.805. The molecule has 0 radical (unpaired) electrons. The van der Waals surface area contributed by atoms with E-state index in [1.165, 1.54) is 12.1 Å². The Morgan fingerprint density at radius 1 is 1.38 bits per heavy atom. The van der Waals surface area contributed by atoms with Crippen molar-refractivity contribution in [3.8, 4) is 0 Å². The molecule has 2 unspecified atom stereocenters. The molecule has 1 aromatic rings. The number of nitrogens with one attached hydrogen (secondary N) is 1. The summed E-state index contributed by atoms with van der Waals surface area (Å²) in [7, 11) is 0. The summed E-state index contributed by atoms with van der Waals surface area (Å²) in [5.74, 6) is 0.0266. The summed E-state index contributed by atoms with van der Waals surface area (Å²) < 4.78 is 12.9. The lowest BCUT2D eigenvalue weighted by Crippen LogP contribution is -2.33. The van der Waals surface area contributed by atoms with E-state index < -0.39 is 0 Å². The molecule has 0 aliphatic rings. The zero-order valence-electron chi connectivity index (χ0n) is 10.1. The van der Waals surface area contributed by atoms with E-state index in [1.54, 1.807) is 6.07 Å². The molecule has 0 bridgehead atoms. The van der Waals surface area contributed by atoms with E-state index in [9.17, 15) is 4.39 Å². The van der Waals surface area contributed by atoms with Crippen LogP contribution in [0.2, 0.25) is 0 Å². The predicted molar refractivity (Wildman–Crippen MR) is 63.7 cm³/mol. The Bertz CT molecular complexity index is 341. The third kappa shape index (κ3) is 3.58. The monoisotopic (exact) mass is 225 g/mol. The molecule has 0 aromatic heterocycles. The summed E-state index contributed by atoms with van der Waals surface area (Å²) in [6.07, 6.45) is 0. The molecule has 2 atom stereocenters. The molecular formula is C13H20FNO. The number of aliphatic hydroxyl groups excluding tert-OH is 1. The van der Waals surface area contributed by atoms with E-state index in [0.29, 0.717) is 6.54 Å². The maximum Gasteiger partial charge on any atom is 0.123 e. The van der Waals surface area contributed by atoms with Crippen LogP contribution in [-0.4, -0.2) is 17.8 Å². The van der Waals surface area contributed by atoms with Crippen molar-refractivity contribution >= 4 is 0 Å². The van der Waals surface area contributed by atoms with Gasteiger partial charge in [-0.2, -0.15) is 0 Å². The smallest absolute Gasteiger partial charge is 0.123 e. The lowest BCUT2D eigenvalue weighted by atomic mass is 10.0. The normalized spacial score (nSPS) is 14.8. The van der Waals surface area contributed by atoms with Crippen molar-refractivity contribution in [1.29, 1.82) is 0 Å². The van der Waals surface area contributed by atoms with Crippen molar-refractivity contribution in [2.45, 2.75) is 33.4 Å². The van der Waals surface area contributed by atoms with Crippen molar-refractivity contribution in [2.75, 3.05) is 6.61 Å². The van der Waals surface area contributed by atoms with E-state index in [4.69, 9.17) is 5.11 Å². The fraction of sp³-hybridized carbons (Fsp3) is 0.538. The summed E-state index contributed by atoms with van der Waals surface area (Å²) in [6.45, 7) is 6.82. The first-order valence-electron chi connectivity index (χ1n) is 5.64. The minimum atomic E-state index is -0.196. The van der Waals surface area contributed by atoms with Gasteiger partial charge >= 0.3 is 0 Å². The second-order valence-electron chi connectivity index (χ2n) is 4.40. The predicted octanol–water partition coefficient (Wildman–Crippen LogP) is 2.24. The standard InChI is InChI=1S/C13H20FNO/c1-9-6-13(14)5-4-12(9)7-15-11(3)10(2)8-16/h4-6,10-11,15-16H,7-8H2,1-3H3. The highest BCUT2D eigenvalue weighted by Gasteiger charge is 2.10. The molecule has 1 rings (SSSR count). The Labute approximate surface area is 96.5 Å². The maximum atomic E-state index is 12.9. The highest BCUT2D eigenvalue weighted by atomic mass is 19.1. The van der Waals surface area contributed by atoms with Gasteiger partial charge in [0.2, 0.25) is 0 Å². The number of aliphatic hydroxyl groups is 1. The van der Waals surface area contributed by atoms with Crippen LogP contribution in [0.3, 0.4) is 0 Å². The zero-order chi connectivity index (χ0) is 12.1. The molecule has 2 nitrogen and oxygen atoms in total. The summed E-state index contributed by atoms with van der Waals surface area (Å²) in [5.41, 5.74) is 2.05. The van der Waals surface area contributed by atoms with Crippen molar-refractivity contribution in [3.05, 3.63) is 35.1 Å². The van der Waals surface area contributed by atoms with Gasteiger partial charge in [0.15, 0.2) is 0 Å². The van der Waals surface area contributed by atoms with Crippen LogP contribution in [0.15, 0.2) is 18.2 Å². The molecule has 0 saturated heterocycles. The lowest BCUT2D eigenvalue weighted by Gasteiger charge is -2.19. The molecule has 0 saturated carbocycles. The van der Waals surface area contributed by atoms with Gasteiger partial charge in [-0.15, -0.1) is 0 Å². The average Bonchev–Trinajstić information content (AvgIpc) is 2.26. The maximum absolute atomic E-state index is 12.9. The van der Waals surface area contributed by atoms with Crippen LogP contribution >= 0.6 is 0 Å². The Kier molecular flexibility index (Phi) is 4.90. The van der Waals surface area contributed by atoms with E-state index in [-0.39, 0.29) is 24.4 Å². The van der Waals surface area contributed by atoms with Gasteiger partial charge < -0.3 is 10.4 Å². The molecule has 16 heavy (non-hydrogen) atoms. The van der Waals surface area contributed by atoms with Gasteiger partial charge in [0.25, 0.3) is 0 Å². The molecule has 0 aliphatic heterocycles. The highest BCUT2D eigenvalue weighted by Crippen LogP contribution is 2.11. The Morgan fingerprint density at radius 3 is 2.62 bits per heavy atom. The molecule has 2 N–H and O–H groups in total. The van der Waals surface area contributed by atoms with Gasteiger partial charge in [0.1, 0.15) is 5.82 Å². The zero-order valence-corrected chi connectivity index (χ0v) is 10.1. The minimum Gasteiger partial charge on any atom is -0.396 e. The van der Waals surface area contributed by atoms with Crippen LogP contribution in [-0.2, 0) is 6.54 Å². The van der Waals surface area contributed by atoms with Gasteiger partial charge in [-0.1, -0.05) is 13.0 Å². The van der Waals surface area contributed by atoms with Crippen molar-refractivity contribution < 1.29 is 9.50 Å². The molecule has 0 amide bonds. The van der Waals surface area contributed by atoms with Gasteiger partial charge in [-0.05, 0) is 43.0 Å². The topological polar surface area (TPSA) is 32.3 Å². The first kappa shape index (κ1) is 13.1. The SMILES string of the molecule is Cc1cc(F)ccc1CNC(C)C(C)CO. The molecule has 90 valence electrons. The van der Waals surface area contributed by atoms with Gasteiger partial charge in [-0.3, -0.25) is 0 Å². The third-order valence-corrected chi connectivity index (χ3v) is 3.06. The molecule has 0 spiro atoms. The summed E-state index contributed by atoms with van der Waals surface area (Å²) in [4.78, 5) is 0. The molecule has 3 heteroatoms. The van der Waals surface area contributed by atoms with Gasteiger partial charge in [-0.25, -0.2) is 4.39 Å². The second-order valence-corrected chi connectivity index (χ2v) is 4.40. The van der Waals surface area contributed by atoms with Crippen LogP contribution in [0.5, 0.6) is 0 Å². The molecule has 0 fully saturated rings. The first-order valence-corrected chi connectivity index (χ1v) is 5.64. The highest BCUT2D eigenvalue weighted by molar-refractivity contribution is 5.26. The van der Waals surface area contributed by atoms with Crippen LogP contribution < -0.4 is 5.32 Å². The van der Waals surface area contributed by atoms with E-state index in [0.717, 1.165) is 11.1 Å². The summed E-state index contributed by atoms with van der Waals surface area (Å²) in [6, 6.07) is 5.06. The number of rotatable bonds is 5. The van der Waals surface area contributed by atoms with Crippen LogP contribution in [0, 0.1) is 18.7 Å². The molecule has 0 heterocycles. The number of benzene rings is 1.